The Balaban J connectivity index is 1.18. The van der Waals surface area contributed by atoms with Crippen molar-refractivity contribution in [2.24, 2.45) is 13.0 Å². The Kier molecular flexibility index (Phi) is 7.79. The molecule has 2 aliphatic rings. The highest BCUT2D eigenvalue weighted by Crippen LogP contribution is 2.36. The number of nitrogens with zero attached hydrogens (tertiary/aromatic N) is 6. The van der Waals surface area contributed by atoms with Crippen molar-refractivity contribution < 1.29 is 19.1 Å². The van der Waals surface area contributed by atoms with Gasteiger partial charge in [-0.2, -0.15) is 5.26 Å². The first-order valence-electron chi connectivity index (χ1n) is 15.6. The predicted octanol–water partition coefficient (Wildman–Crippen LogP) is 4.58. The molecule has 1 fully saturated rings. The zero-order chi connectivity index (χ0) is 32.8. The second-order valence-electron chi connectivity index (χ2n) is 12.3. The van der Waals surface area contributed by atoms with Crippen LogP contribution in [0.3, 0.4) is 0 Å². The second kappa shape index (κ2) is 12.1. The van der Waals surface area contributed by atoms with Gasteiger partial charge < -0.3 is 24.7 Å². The number of nitrogens with one attached hydrogen (secondary N) is 2. The summed E-state index contributed by atoms with van der Waals surface area (Å²) in [6, 6.07) is 11.7. The molecule has 0 radical (unpaired) electrons. The average Bonchev–Trinajstić information content (AvgIpc) is 3.80. The van der Waals surface area contributed by atoms with E-state index in [1.807, 2.05) is 49.7 Å². The number of hydrogen-bond acceptors (Lipinski definition) is 9. The van der Waals surface area contributed by atoms with E-state index >= 15 is 0 Å². The molecular formula is C35H34N8O4. The number of rotatable bonds is 7. The number of aliphatic carboxylic acids is 1. The topological polar surface area (TPSA) is 162 Å². The van der Waals surface area contributed by atoms with Crippen molar-refractivity contribution in [3.63, 3.8) is 0 Å². The molecule has 7 rings (SSSR count). The van der Waals surface area contributed by atoms with Gasteiger partial charge in [-0.15, -0.1) is 0 Å². The van der Waals surface area contributed by atoms with E-state index in [1.54, 1.807) is 18.5 Å². The Morgan fingerprint density at radius 1 is 1.15 bits per heavy atom. The van der Waals surface area contributed by atoms with Crippen LogP contribution < -0.4 is 10.6 Å². The van der Waals surface area contributed by atoms with Gasteiger partial charge in [0.05, 0.1) is 22.7 Å². The number of carboxylic acid groups (broad SMARTS) is 1. The smallest absolute Gasteiger partial charge is 0.307 e. The largest absolute Gasteiger partial charge is 0.481 e. The van der Waals surface area contributed by atoms with E-state index in [2.05, 4.69) is 31.6 Å². The van der Waals surface area contributed by atoms with Gasteiger partial charge >= 0.3 is 5.97 Å². The van der Waals surface area contributed by atoms with Crippen molar-refractivity contribution >= 4 is 28.7 Å². The van der Waals surface area contributed by atoms with Crippen molar-refractivity contribution in [1.82, 2.24) is 29.7 Å². The zero-order valence-electron chi connectivity index (χ0n) is 26.4. The van der Waals surface area contributed by atoms with Gasteiger partial charge in [-0.25, -0.2) is 9.97 Å². The number of pyridine rings is 1. The standard InChI is InChI=1S/C35H34N8O4/c1-19-25(24-5-4-6-27(20(24)2)40-33(44)32-39-29-16-37-9-7-30(29)42(32)3)14-38-15-26(19)34-41-28-12-21(11-23(13-36)31(28)47-34)17-43-10-8-22(18-43)35(45)46/h4-6,11-12,14-15,22,37H,7-10,16-18H2,1-3H3,(H,40,44)(H,45,46)/t22-/m1/s1. The number of aromatic nitrogens is 4. The van der Waals surface area contributed by atoms with Crippen LogP contribution >= 0.6 is 0 Å². The van der Waals surface area contributed by atoms with Crippen LogP contribution in [0.1, 0.15) is 50.7 Å². The third-order valence-electron chi connectivity index (χ3n) is 9.35. The minimum absolute atomic E-state index is 0.267. The number of benzene rings is 2. The number of carbonyl (C=O) groups excluding carboxylic acids is 1. The predicted molar refractivity (Wildman–Crippen MR) is 174 cm³/mol. The Morgan fingerprint density at radius 2 is 1.98 bits per heavy atom. The lowest BCUT2D eigenvalue weighted by atomic mass is 9.95. The number of nitriles is 1. The Bertz CT molecular complexity index is 2110. The number of imidazole rings is 1. The van der Waals surface area contributed by atoms with Crippen LogP contribution in [-0.2, 0) is 31.4 Å². The summed E-state index contributed by atoms with van der Waals surface area (Å²) in [5, 5.41) is 25.7. The zero-order valence-corrected chi connectivity index (χ0v) is 26.4. The third kappa shape index (κ3) is 5.54. The lowest BCUT2D eigenvalue weighted by molar-refractivity contribution is -0.141. The number of likely N-dealkylation sites (tertiary alicyclic amines) is 1. The molecule has 0 saturated carbocycles. The first-order valence-corrected chi connectivity index (χ1v) is 15.6. The minimum Gasteiger partial charge on any atom is -0.481 e. The summed E-state index contributed by atoms with van der Waals surface area (Å²) < 4.78 is 8.07. The SMILES string of the molecule is Cc1c(NC(=O)c2nc3c(n2C)CCNC3)cccc1-c1cncc(-c2nc3cc(CN4CC[C@@H](C(=O)O)C4)cc(C#N)c3o2)c1C. The number of fused-ring (bicyclic) bond motifs is 2. The molecule has 0 aliphatic carbocycles. The summed E-state index contributed by atoms with van der Waals surface area (Å²) in [6.07, 6.45) is 4.92. The van der Waals surface area contributed by atoms with Crippen LogP contribution in [0.15, 0.2) is 47.1 Å². The second-order valence-corrected chi connectivity index (χ2v) is 12.3. The molecular weight excluding hydrogens is 596 g/mol. The molecule has 238 valence electrons. The molecule has 5 aromatic rings. The Labute approximate surface area is 271 Å². The van der Waals surface area contributed by atoms with Crippen molar-refractivity contribution in [3.8, 4) is 28.7 Å². The summed E-state index contributed by atoms with van der Waals surface area (Å²) in [6.45, 7) is 7.14. The number of carboxylic acids is 1. The van der Waals surface area contributed by atoms with E-state index in [0.29, 0.717) is 72.2 Å². The molecule has 5 heterocycles. The Hall–Kier alpha value is -5.38. The van der Waals surface area contributed by atoms with Crippen molar-refractivity contribution in [3.05, 3.63) is 82.2 Å². The van der Waals surface area contributed by atoms with E-state index in [4.69, 9.17) is 9.40 Å². The van der Waals surface area contributed by atoms with Crippen LogP contribution in [-0.4, -0.2) is 61.0 Å². The molecule has 1 amide bonds. The molecule has 0 spiro atoms. The van der Waals surface area contributed by atoms with E-state index < -0.39 is 5.97 Å². The van der Waals surface area contributed by atoms with Gasteiger partial charge in [0.25, 0.3) is 5.91 Å². The highest BCUT2D eigenvalue weighted by molar-refractivity contribution is 6.03. The van der Waals surface area contributed by atoms with Gasteiger partial charge in [-0.05, 0) is 67.3 Å². The molecule has 2 aliphatic heterocycles. The van der Waals surface area contributed by atoms with Gasteiger partial charge in [0.15, 0.2) is 11.4 Å². The van der Waals surface area contributed by atoms with Crippen molar-refractivity contribution in [2.75, 3.05) is 25.0 Å². The number of carbonyl (C=O) groups is 2. The summed E-state index contributed by atoms with van der Waals surface area (Å²) >= 11 is 0. The van der Waals surface area contributed by atoms with Crippen LogP contribution in [0.2, 0.25) is 0 Å². The van der Waals surface area contributed by atoms with Crippen LogP contribution in [0.5, 0.6) is 0 Å². The monoisotopic (exact) mass is 630 g/mol. The average molecular weight is 631 g/mol. The summed E-state index contributed by atoms with van der Waals surface area (Å²) in [5.74, 6) is -0.691. The van der Waals surface area contributed by atoms with Gasteiger partial charge in [0, 0.05) is 69.0 Å². The molecule has 12 heteroatoms. The quantitative estimate of drug-likeness (QED) is 0.232. The fourth-order valence-corrected chi connectivity index (χ4v) is 6.73. The Morgan fingerprint density at radius 3 is 2.74 bits per heavy atom. The normalized spacial score (nSPS) is 16.3. The third-order valence-corrected chi connectivity index (χ3v) is 9.35. The highest BCUT2D eigenvalue weighted by Gasteiger charge is 2.28. The lowest BCUT2D eigenvalue weighted by Gasteiger charge is -2.15. The van der Waals surface area contributed by atoms with Crippen molar-refractivity contribution in [1.29, 1.82) is 5.26 Å². The van der Waals surface area contributed by atoms with Gasteiger partial charge in [-0.1, -0.05) is 12.1 Å². The maximum Gasteiger partial charge on any atom is 0.307 e. The molecule has 0 bridgehead atoms. The summed E-state index contributed by atoms with van der Waals surface area (Å²) in [4.78, 5) is 40.8. The molecule has 2 aromatic carbocycles. The van der Waals surface area contributed by atoms with Crippen molar-refractivity contribution in [2.45, 2.75) is 39.8 Å². The van der Waals surface area contributed by atoms with Gasteiger partial charge in [-0.3, -0.25) is 19.5 Å². The molecule has 47 heavy (non-hydrogen) atoms. The fraction of sp³-hybridized carbons (Fsp3) is 0.314. The summed E-state index contributed by atoms with van der Waals surface area (Å²) in [5.41, 5.74) is 9.08. The van der Waals surface area contributed by atoms with E-state index in [1.165, 1.54) is 0 Å². The highest BCUT2D eigenvalue weighted by atomic mass is 16.4. The van der Waals surface area contributed by atoms with Crippen LogP contribution in [0.4, 0.5) is 5.69 Å². The number of hydrogen-bond donors (Lipinski definition) is 3. The molecule has 12 nitrogen and oxygen atoms in total. The minimum atomic E-state index is -0.778. The van der Waals surface area contributed by atoms with Gasteiger partial charge in [0.1, 0.15) is 11.6 Å². The molecule has 3 aromatic heterocycles. The molecule has 3 N–H and O–H groups in total. The van der Waals surface area contributed by atoms with E-state index in [9.17, 15) is 20.0 Å². The van der Waals surface area contributed by atoms with Crippen LogP contribution in [0.25, 0.3) is 33.7 Å². The van der Waals surface area contributed by atoms with Crippen LogP contribution in [0, 0.1) is 31.1 Å². The van der Waals surface area contributed by atoms with E-state index in [0.717, 1.165) is 52.2 Å². The number of amides is 1. The number of oxazole rings is 1. The van der Waals surface area contributed by atoms with E-state index in [-0.39, 0.29) is 11.8 Å². The molecule has 1 saturated heterocycles. The molecule has 0 unspecified atom stereocenters. The maximum absolute atomic E-state index is 13.4. The number of anilines is 1. The lowest BCUT2D eigenvalue weighted by Crippen LogP contribution is -2.24. The first-order chi connectivity index (χ1) is 22.7. The molecule has 1 atom stereocenters. The maximum atomic E-state index is 13.4. The summed E-state index contributed by atoms with van der Waals surface area (Å²) in [7, 11) is 1.88. The van der Waals surface area contributed by atoms with Gasteiger partial charge in [0.2, 0.25) is 5.89 Å². The first kappa shape index (κ1) is 30.3. The fourth-order valence-electron chi connectivity index (χ4n) is 6.73.